The van der Waals surface area contributed by atoms with E-state index in [0.717, 1.165) is 16.7 Å². The molecule has 0 atom stereocenters. The Labute approximate surface area is 119 Å². The molecule has 0 N–H and O–H groups in total. The number of aryl methyl sites for hydroxylation is 1. The average Bonchev–Trinajstić information content (AvgIpc) is 2.47. The molecule has 2 heteroatoms. The summed E-state index contributed by atoms with van der Waals surface area (Å²) < 4.78 is 4.94. The van der Waals surface area contributed by atoms with Gasteiger partial charge in [-0.2, -0.15) is 0 Å². The van der Waals surface area contributed by atoms with Crippen molar-refractivity contribution in [3.8, 4) is 11.8 Å². The van der Waals surface area contributed by atoms with Crippen LogP contribution in [0.3, 0.4) is 0 Å². The van der Waals surface area contributed by atoms with Crippen LogP contribution in [0.2, 0.25) is 0 Å². The third-order valence-electron chi connectivity index (χ3n) is 2.88. The molecule has 2 nitrogen and oxygen atoms in total. The van der Waals surface area contributed by atoms with Crippen molar-refractivity contribution in [2.75, 3.05) is 6.61 Å². The summed E-state index contributed by atoms with van der Waals surface area (Å²) in [7, 11) is 0. The topological polar surface area (TPSA) is 26.3 Å². The Morgan fingerprint density at radius 3 is 2.40 bits per heavy atom. The molecule has 0 heterocycles. The molecule has 0 aliphatic carbocycles. The number of rotatable bonds is 2. The van der Waals surface area contributed by atoms with Crippen LogP contribution < -0.4 is 0 Å². The van der Waals surface area contributed by atoms with Crippen molar-refractivity contribution in [1.29, 1.82) is 0 Å². The quantitative estimate of drug-likeness (QED) is 0.612. The molecule has 0 spiro atoms. The van der Waals surface area contributed by atoms with Crippen LogP contribution in [0.4, 0.5) is 0 Å². The fraction of sp³-hybridized carbons (Fsp3) is 0.167. The first-order chi connectivity index (χ1) is 9.70. The highest BCUT2D eigenvalue weighted by Crippen LogP contribution is 2.07. The van der Waals surface area contributed by atoms with Gasteiger partial charge in [-0.05, 0) is 49.7 Å². The Morgan fingerprint density at radius 1 is 1.05 bits per heavy atom. The number of esters is 1. The second-order valence-electron chi connectivity index (χ2n) is 4.36. The molecule has 0 unspecified atom stereocenters. The van der Waals surface area contributed by atoms with Crippen LogP contribution >= 0.6 is 0 Å². The molecule has 20 heavy (non-hydrogen) atoms. The van der Waals surface area contributed by atoms with Crippen LogP contribution in [0.15, 0.2) is 48.5 Å². The van der Waals surface area contributed by atoms with E-state index in [9.17, 15) is 4.79 Å². The third-order valence-corrected chi connectivity index (χ3v) is 2.88. The third kappa shape index (κ3) is 3.49. The van der Waals surface area contributed by atoms with E-state index < -0.39 is 0 Å². The van der Waals surface area contributed by atoms with Gasteiger partial charge in [0.05, 0.1) is 12.2 Å². The van der Waals surface area contributed by atoms with Gasteiger partial charge in [-0.3, -0.25) is 0 Å². The standard InChI is InChI=1S/C18H16O2/c1-3-20-18(19)17-12-9-15(10-13-17)8-11-16-7-5-4-6-14(16)2/h4-7,9-10,12-13H,3H2,1-2H3. The summed E-state index contributed by atoms with van der Waals surface area (Å²) in [5.74, 6) is 5.93. The number of ether oxygens (including phenoxy) is 1. The normalized spacial score (nSPS) is 9.50. The van der Waals surface area contributed by atoms with E-state index in [1.165, 1.54) is 0 Å². The molecule has 2 rings (SSSR count). The van der Waals surface area contributed by atoms with Gasteiger partial charge in [-0.15, -0.1) is 0 Å². The molecule has 0 amide bonds. The van der Waals surface area contributed by atoms with Crippen LogP contribution in [-0.4, -0.2) is 12.6 Å². The predicted molar refractivity (Wildman–Crippen MR) is 79.6 cm³/mol. The second kappa shape index (κ2) is 6.58. The Morgan fingerprint density at radius 2 is 1.75 bits per heavy atom. The molecular weight excluding hydrogens is 248 g/mol. The Kier molecular flexibility index (Phi) is 4.57. The highest BCUT2D eigenvalue weighted by atomic mass is 16.5. The first-order valence-electron chi connectivity index (χ1n) is 6.55. The van der Waals surface area contributed by atoms with E-state index >= 15 is 0 Å². The second-order valence-corrected chi connectivity index (χ2v) is 4.36. The molecule has 0 aromatic heterocycles. The van der Waals surface area contributed by atoms with Crippen molar-refractivity contribution >= 4 is 5.97 Å². The van der Waals surface area contributed by atoms with Crippen LogP contribution in [0.1, 0.15) is 34.0 Å². The van der Waals surface area contributed by atoms with Crippen LogP contribution in [0.25, 0.3) is 0 Å². The van der Waals surface area contributed by atoms with Gasteiger partial charge in [0.15, 0.2) is 0 Å². The molecule has 100 valence electrons. The highest BCUT2D eigenvalue weighted by Gasteiger charge is 2.04. The summed E-state index contributed by atoms with van der Waals surface area (Å²) in [4.78, 5) is 11.5. The summed E-state index contributed by atoms with van der Waals surface area (Å²) in [6, 6.07) is 15.1. The largest absolute Gasteiger partial charge is 0.462 e. The number of benzene rings is 2. The number of carbonyl (C=O) groups excluding carboxylic acids is 1. The molecule has 2 aromatic rings. The lowest BCUT2D eigenvalue weighted by molar-refractivity contribution is 0.0526. The van der Waals surface area contributed by atoms with Crippen molar-refractivity contribution in [2.24, 2.45) is 0 Å². The first-order valence-corrected chi connectivity index (χ1v) is 6.55. The number of hydrogen-bond acceptors (Lipinski definition) is 2. The van der Waals surface area contributed by atoms with Crippen LogP contribution in [-0.2, 0) is 4.74 Å². The average molecular weight is 264 g/mol. The first kappa shape index (κ1) is 13.9. The molecule has 0 saturated carbocycles. The number of hydrogen-bond donors (Lipinski definition) is 0. The van der Waals surface area contributed by atoms with Crippen molar-refractivity contribution in [1.82, 2.24) is 0 Å². The van der Waals surface area contributed by atoms with Gasteiger partial charge in [0.2, 0.25) is 0 Å². The smallest absolute Gasteiger partial charge is 0.338 e. The lowest BCUT2D eigenvalue weighted by Crippen LogP contribution is -2.04. The minimum absolute atomic E-state index is 0.300. The summed E-state index contributed by atoms with van der Waals surface area (Å²) >= 11 is 0. The minimum Gasteiger partial charge on any atom is -0.462 e. The van der Waals surface area contributed by atoms with Gasteiger partial charge >= 0.3 is 5.97 Å². The lowest BCUT2D eigenvalue weighted by Gasteiger charge is -2.01. The highest BCUT2D eigenvalue weighted by molar-refractivity contribution is 5.89. The van der Waals surface area contributed by atoms with E-state index in [0.29, 0.717) is 12.2 Å². The SMILES string of the molecule is CCOC(=O)c1ccc(C#Cc2ccccc2C)cc1. The fourth-order valence-electron chi connectivity index (χ4n) is 1.76. The zero-order valence-corrected chi connectivity index (χ0v) is 11.6. The Hall–Kier alpha value is -2.53. The van der Waals surface area contributed by atoms with Gasteiger partial charge in [0.1, 0.15) is 0 Å². The van der Waals surface area contributed by atoms with Gasteiger partial charge in [0, 0.05) is 11.1 Å². The zero-order valence-electron chi connectivity index (χ0n) is 11.6. The predicted octanol–water partition coefficient (Wildman–Crippen LogP) is 3.57. The van der Waals surface area contributed by atoms with Crippen molar-refractivity contribution in [3.05, 3.63) is 70.8 Å². The van der Waals surface area contributed by atoms with Gasteiger partial charge < -0.3 is 4.74 Å². The summed E-state index contributed by atoms with van der Waals surface area (Å²) in [6.45, 7) is 4.21. The zero-order chi connectivity index (χ0) is 14.4. The van der Waals surface area contributed by atoms with Gasteiger partial charge in [0.25, 0.3) is 0 Å². The van der Waals surface area contributed by atoms with E-state index in [4.69, 9.17) is 4.74 Å². The van der Waals surface area contributed by atoms with Crippen LogP contribution in [0, 0.1) is 18.8 Å². The summed E-state index contributed by atoms with van der Waals surface area (Å²) in [5.41, 5.74) is 3.60. The Bertz CT molecular complexity index is 658. The fourth-order valence-corrected chi connectivity index (χ4v) is 1.76. The van der Waals surface area contributed by atoms with Crippen LogP contribution in [0.5, 0.6) is 0 Å². The molecule has 0 aliphatic rings. The molecule has 0 fully saturated rings. The molecule has 0 saturated heterocycles. The Balaban J connectivity index is 2.16. The van der Waals surface area contributed by atoms with Gasteiger partial charge in [-0.25, -0.2) is 4.79 Å². The van der Waals surface area contributed by atoms with Crippen molar-refractivity contribution in [2.45, 2.75) is 13.8 Å². The molecule has 0 aliphatic heterocycles. The van der Waals surface area contributed by atoms with E-state index in [-0.39, 0.29) is 5.97 Å². The molecule has 0 radical (unpaired) electrons. The lowest BCUT2D eigenvalue weighted by atomic mass is 10.1. The molecule has 2 aromatic carbocycles. The molecule has 0 bridgehead atoms. The summed E-state index contributed by atoms with van der Waals surface area (Å²) in [5, 5.41) is 0. The monoisotopic (exact) mass is 264 g/mol. The van der Waals surface area contributed by atoms with E-state index in [1.807, 2.05) is 43.3 Å². The van der Waals surface area contributed by atoms with Gasteiger partial charge in [-0.1, -0.05) is 30.0 Å². The van der Waals surface area contributed by atoms with Crippen molar-refractivity contribution < 1.29 is 9.53 Å². The van der Waals surface area contributed by atoms with Crippen molar-refractivity contribution in [3.63, 3.8) is 0 Å². The van der Waals surface area contributed by atoms with E-state index in [1.54, 1.807) is 19.1 Å². The maximum atomic E-state index is 11.5. The van der Waals surface area contributed by atoms with E-state index in [2.05, 4.69) is 11.8 Å². The molecular formula is C18H16O2. The maximum Gasteiger partial charge on any atom is 0.338 e. The minimum atomic E-state index is -0.300. The summed E-state index contributed by atoms with van der Waals surface area (Å²) in [6.07, 6.45) is 0. The maximum absolute atomic E-state index is 11.5. The number of carbonyl (C=O) groups is 1.